The predicted octanol–water partition coefficient (Wildman–Crippen LogP) is 2.39. The smallest absolute Gasteiger partial charge is 0.211 e. The topological polar surface area (TPSA) is 81.7 Å². The highest BCUT2D eigenvalue weighted by atomic mass is 35.5. The van der Waals surface area contributed by atoms with Crippen molar-refractivity contribution in [3.05, 3.63) is 52.3 Å². The molecule has 0 aliphatic heterocycles. The van der Waals surface area contributed by atoms with Crippen LogP contribution in [-0.4, -0.2) is 16.7 Å². The van der Waals surface area contributed by atoms with Gasteiger partial charge in [0.25, 0.3) is 0 Å². The molecule has 0 saturated carbocycles. The summed E-state index contributed by atoms with van der Waals surface area (Å²) in [7, 11) is 0. The van der Waals surface area contributed by atoms with Crippen molar-refractivity contribution in [2.24, 2.45) is 21.7 Å². The lowest BCUT2D eigenvalue weighted by atomic mass is 10.3. The normalized spacial score (nSPS) is 10.8. The molecule has 5 nitrogen and oxygen atoms in total. The van der Waals surface area contributed by atoms with Crippen molar-refractivity contribution in [2.75, 3.05) is 0 Å². The van der Waals surface area contributed by atoms with Gasteiger partial charge in [-0.3, -0.25) is 0 Å². The maximum atomic E-state index is 5.98. The molecule has 0 atom stereocenters. The standard InChI is InChI=1S/C12H11Cl2N5/c13-8-4-9(14)6-11(5-8)19-3-1-2-10(19)7-17-18-12(15)16/h1-7H,(H4,15,16,18)/b17-7+. The van der Waals surface area contributed by atoms with Crippen LogP contribution in [0.25, 0.3) is 5.69 Å². The maximum absolute atomic E-state index is 5.98. The molecule has 98 valence electrons. The van der Waals surface area contributed by atoms with Gasteiger partial charge < -0.3 is 16.0 Å². The van der Waals surface area contributed by atoms with Crippen LogP contribution in [-0.2, 0) is 0 Å². The van der Waals surface area contributed by atoms with Crippen molar-refractivity contribution in [1.82, 2.24) is 4.57 Å². The number of nitrogens with two attached hydrogens (primary N) is 2. The number of halogens is 2. The minimum atomic E-state index is -0.0971. The van der Waals surface area contributed by atoms with E-state index in [-0.39, 0.29) is 5.96 Å². The Morgan fingerprint density at radius 3 is 2.47 bits per heavy atom. The summed E-state index contributed by atoms with van der Waals surface area (Å²) in [6, 6.07) is 8.99. The molecule has 0 unspecified atom stereocenters. The van der Waals surface area contributed by atoms with Crippen LogP contribution in [0.1, 0.15) is 5.69 Å². The number of aromatic nitrogens is 1. The molecule has 0 spiro atoms. The van der Waals surface area contributed by atoms with Crippen LogP contribution in [0, 0.1) is 0 Å². The fourth-order valence-corrected chi connectivity index (χ4v) is 2.08. The van der Waals surface area contributed by atoms with Gasteiger partial charge in [0.05, 0.1) is 11.9 Å². The molecule has 2 aromatic rings. The molecule has 1 aromatic heterocycles. The lowest BCUT2D eigenvalue weighted by molar-refractivity contribution is 1.06. The highest BCUT2D eigenvalue weighted by Gasteiger charge is 2.03. The zero-order chi connectivity index (χ0) is 13.8. The largest absolute Gasteiger partial charge is 0.369 e. The van der Waals surface area contributed by atoms with Gasteiger partial charge in [-0.25, -0.2) is 0 Å². The van der Waals surface area contributed by atoms with Gasteiger partial charge >= 0.3 is 0 Å². The second kappa shape index (κ2) is 5.77. The fraction of sp³-hybridized carbons (Fsp3) is 0. The first-order valence-corrected chi connectivity index (χ1v) is 6.07. The average Bonchev–Trinajstić information content (AvgIpc) is 2.75. The number of rotatable bonds is 3. The van der Waals surface area contributed by atoms with Crippen LogP contribution in [0.5, 0.6) is 0 Å². The minimum Gasteiger partial charge on any atom is -0.369 e. The molecule has 19 heavy (non-hydrogen) atoms. The summed E-state index contributed by atoms with van der Waals surface area (Å²) in [5.41, 5.74) is 12.0. The van der Waals surface area contributed by atoms with E-state index < -0.39 is 0 Å². The second-order valence-corrected chi connectivity index (χ2v) is 4.57. The Labute approximate surface area is 120 Å². The molecule has 1 heterocycles. The van der Waals surface area contributed by atoms with E-state index in [2.05, 4.69) is 10.2 Å². The van der Waals surface area contributed by atoms with Crippen LogP contribution < -0.4 is 11.5 Å². The summed E-state index contributed by atoms with van der Waals surface area (Å²) >= 11 is 12.0. The molecule has 0 fully saturated rings. The zero-order valence-electron chi connectivity index (χ0n) is 9.79. The van der Waals surface area contributed by atoms with E-state index in [0.29, 0.717) is 10.0 Å². The Bertz CT molecular complexity index is 621. The van der Waals surface area contributed by atoms with Crippen LogP contribution in [0.15, 0.2) is 46.7 Å². The molecule has 1 aromatic carbocycles. The van der Waals surface area contributed by atoms with Crippen molar-refractivity contribution < 1.29 is 0 Å². The van der Waals surface area contributed by atoms with E-state index >= 15 is 0 Å². The monoisotopic (exact) mass is 295 g/mol. The number of benzene rings is 1. The molecule has 7 heteroatoms. The third-order valence-corrected chi connectivity index (χ3v) is 2.71. The predicted molar refractivity (Wildman–Crippen MR) is 79.2 cm³/mol. The lowest BCUT2D eigenvalue weighted by Gasteiger charge is -2.07. The highest BCUT2D eigenvalue weighted by Crippen LogP contribution is 2.22. The molecule has 0 radical (unpaired) electrons. The molecule has 0 bridgehead atoms. The first-order valence-electron chi connectivity index (χ1n) is 5.32. The summed E-state index contributed by atoms with van der Waals surface area (Å²) in [5.74, 6) is -0.0971. The van der Waals surface area contributed by atoms with E-state index in [1.54, 1.807) is 18.2 Å². The van der Waals surface area contributed by atoms with Gasteiger partial charge in [-0.15, -0.1) is 5.10 Å². The Hall–Kier alpha value is -1.98. The van der Waals surface area contributed by atoms with Gasteiger partial charge in [-0.2, -0.15) is 5.10 Å². The summed E-state index contributed by atoms with van der Waals surface area (Å²) < 4.78 is 1.86. The highest BCUT2D eigenvalue weighted by molar-refractivity contribution is 6.34. The van der Waals surface area contributed by atoms with E-state index in [9.17, 15) is 0 Å². The first-order chi connectivity index (χ1) is 9.06. The molecule has 0 aliphatic rings. The Kier molecular flexibility index (Phi) is 4.09. The number of nitrogens with zero attached hydrogens (tertiary/aromatic N) is 3. The SMILES string of the molecule is NC(N)=N/N=C/c1cccn1-c1cc(Cl)cc(Cl)c1. The van der Waals surface area contributed by atoms with Gasteiger partial charge in [0.15, 0.2) is 0 Å². The summed E-state index contributed by atoms with van der Waals surface area (Å²) in [6.07, 6.45) is 3.40. The number of hydrogen-bond acceptors (Lipinski definition) is 2. The lowest BCUT2D eigenvalue weighted by Crippen LogP contribution is -2.21. The van der Waals surface area contributed by atoms with E-state index in [4.69, 9.17) is 34.7 Å². The average molecular weight is 296 g/mol. The van der Waals surface area contributed by atoms with Gasteiger partial charge in [-0.05, 0) is 30.3 Å². The van der Waals surface area contributed by atoms with Gasteiger partial charge in [-0.1, -0.05) is 23.2 Å². The summed E-state index contributed by atoms with van der Waals surface area (Å²) in [6.45, 7) is 0. The number of guanidine groups is 1. The molecular formula is C12H11Cl2N5. The Morgan fingerprint density at radius 1 is 1.16 bits per heavy atom. The Balaban J connectivity index is 2.38. The van der Waals surface area contributed by atoms with E-state index in [1.165, 1.54) is 6.21 Å². The van der Waals surface area contributed by atoms with Crippen molar-refractivity contribution in [3.63, 3.8) is 0 Å². The zero-order valence-corrected chi connectivity index (χ0v) is 11.3. The number of hydrogen-bond donors (Lipinski definition) is 2. The van der Waals surface area contributed by atoms with Crippen LogP contribution >= 0.6 is 23.2 Å². The fourth-order valence-electron chi connectivity index (χ4n) is 1.57. The van der Waals surface area contributed by atoms with Crippen LogP contribution in [0.4, 0.5) is 0 Å². The van der Waals surface area contributed by atoms with Crippen molar-refractivity contribution in [3.8, 4) is 5.69 Å². The maximum Gasteiger partial charge on any atom is 0.211 e. The molecule has 4 N–H and O–H groups in total. The van der Waals surface area contributed by atoms with Gasteiger partial charge in [0.2, 0.25) is 5.96 Å². The van der Waals surface area contributed by atoms with E-state index in [1.807, 2.05) is 22.9 Å². The van der Waals surface area contributed by atoms with Gasteiger partial charge in [0, 0.05) is 21.9 Å². The summed E-state index contributed by atoms with van der Waals surface area (Å²) in [4.78, 5) is 0. The molecule has 0 amide bonds. The van der Waals surface area contributed by atoms with Gasteiger partial charge in [0.1, 0.15) is 0 Å². The second-order valence-electron chi connectivity index (χ2n) is 3.70. The van der Waals surface area contributed by atoms with Crippen molar-refractivity contribution in [2.45, 2.75) is 0 Å². The van der Waals surface area contributed by atoms with Crippen LogP contribution in [0.2, 0.25) is 10.0 Å². The third kappa shape index (κ3) is 3.49. The molecular weight excluding hydrogens is 285 g/mol. The van der Waals surface area contributed by atoms with Crippen molar-refractivity contribution in [1.29, 1.82) is 0 Å². The van der Waals surface area contributed by atoms with Crippen LogP contribution in [0.3, 0.4) is 0 Å². The van der Waals surface area contributed by atoms with E-state index in [0.717, 1.165) is 11.4 Å². The molecule has 0 aliphatic carbocycles. The third-order valence-electron chi connectivity index (χ3n) is 2.27. The Morgan fingerprint density at radius 2 is 1.84 bits per heavy atom. The minimum absolute atomic E-state index is 0.0971. The molecule has 2 rings (SSSR count). The summed E-state index contributed by atoms with van der Waals surface area (Å²) in [5, 5.41) is 8.43. The molecule has 0 saturated heterocycles. The first kappa shape index (κ1) is 13.5. The van der Waals surface area contributed by atoms with Crippen molar-refractivity contribution >= 4 is 35.4 Å². The quantitative estimate of drug-likeness (QED) is 0.518.